The van der Waals surface area contributed by atoms with Crippen LogP contribution >= 0.6 is 11.3 Å². The highest BCUT2D eigenvalue weighted by molar-refractivity contribution is 7.21. The molecule has 32 heavy (non-hydrogen) atoms. The summed E-state index contributed by atoms with van der Waals surface area (Å²) in [4.78, 5) is 17.3. The van der Waals surface area contributed by atoms with Gasteiger partial charge in [-0.25, -0.2) is 9.67 Å². The molecule has 0 aliphatic rings. The largest absolute Gasteiger partial charge is 0.322 e. The van der Waals surface area contributed by atoms with E-state index in [9.17, 15) is 4.79 Å². The van der Waals surface area contributed by atoms with Gasteiger partial charge >= 0.3 is 0 Å². The van der Waals surface area contributed by atoms with Crippen molar-refractivity contribution in [2.24, 2.45) is 0 Å². The van der Waals surface area contributed by atoms with Crippen molar-refractivity contribution in [3.05, 3.63) is 102 Å². The lowest BCUT2D eigenvalue weighted by Crippen LogP contribution is -2.08. The first-order valence-corrected chi connectivity index (χ1v) is 10.9. The van der Waals surface area contributed by atoms with Gasteiger partial charge in [-0.3, -0.25) is 4.79 Å². The first kappa shape index (κ1) is 19.8. The average molecular weight is 438 g/mol. The highest BCUT2D eigenvalue weighted by Gasteiger charge is 2.11. The lowest BCUT2D eigenvalue weighted by molar-refractivity contribution is -0.111. The van der Waals surface area contributed by atoms with Crippen LogP contribution in [0.5, 0.6) is 0 Å². The van der Waals surface area contributed by atoms with Gasteiger partial charge < -0.3 is 5.32 Å². The molecule has 1 amide bonds. The summed E-state index contributed by atoms with van der Waals surface area (Å²) in [5, 5.41) is 12.1. The first-order chi connectivity index (χ1) is 15.7. The van der Waals surface area contributed by atoms with E-state index in [0.717, 1.165) is 26.4 Å². The second kappa shape index (κ2) is 8.95. The van der Waals surface area contributed by atoms with Gasteiger partial charge in [0.2, 0.25) is 5.91 Å². The zero-order valence-corrected chi connectivity index (χ0v) is 17.9. The molecule has 0 saturated carbocycles. The Balaban J connectivity index is 1.29. The summed E-state index contributed by atoms with van der Waals surface area (Å²) in [6.07, 6.45) is 4.93. The van der Waals surface area contributed by atoms with Crippen LogP contribution in [0.3, 0.4) is 0 Å². The molecule has 0 bridgehead atoms. The van der Waals surface area contributed by atoms with E-state index in [0.29, 0.717) is 17.9 Å². The number of anilines is 1. The van der Waals surface area contributed by atoms with E-state index in [1.165, 1.54) is 6.08 Å². The summed E-state index contributed by atoms with van der Waals surface area (Å²) >= 11 is 1.60. The number of benzene rings is 3. The molecule has 0 fully saturated rings. The number of hydrogen-bond acceptors (Lipinski definition) is 5. The van der Waals surface area contributed by atoms with Crippen molar-refractivity contribution in [1.29, 1.82) is 0 Å². The number of para-hydroxylation sites is 2. The van der Waals surface area contributed by atoms with Gasteiger partial charge in [0, 0.05) is 11.6 Å². The van der Waals surface area contributed by atoms with Crippen LogP contribution in [0.1, 0.15) is 11.3 Å². The van der Waals surface area contributed by atoms with Gasteiger partial charge in [-0.05, 0) is 35.9 Å². The Morgan fingerprint density at radius 1 is 0.969 bits per heavy atom. The summed E-state index contributed by atoms with van der Waals surface area (Å²) in [6.45, 7) is 0.628. The normalized spacial score (nSPS) is 11.2. The van der Waals surface area contributed by atoms with Crippen molar-refractivity contribution >= 4 is 39.2 Å². The molecule has 5 rings (SSSR count). The van der Waals surface area contributed by atoms with Crippen LogP contribution in [0, 0.1) is 0 Å². The number of rotatable bonds is 6. The Bertz CT molecular complexity index is 1370. The third-order valence-electron chi connectivity index (χ3n) is 4.86. The summed E-state index contributed by atoms with van der Waals surface area (Å²) < 4.78 is 2.86. The maximum atomic E-state index is 12.6. The Morgan fingerprint density at radius 3 is 2.62 bits per heavy atom. The molecule has 0 atom stereocenters. The van der Waals surface area contributed by atoms with E-state index in [1.54, 1.807) is 22.1 Å². The number of nitrogens with one attached hydrogen (secondary N) is 1. The maximum Gasteiger partial charge on any atom is 0.248 e. The van der Waals surface area contributed by atoms with Gasteiger partial charge in [-0.15, -0.1) is 16.4 Å². The van der Waals surface area contributed by atoms with Crippen LogP contribution in [-0.2, 0) is 11.3 Å². The monoisotopic (exact) mass is 437 g/mol. The minimum Gasteiger partial charge on any atom is -0.322 e. The predicted octanol–water partition coefficient (Wildman–Crippen LogP) is 5.26. The highest BCUT2D eigenvalue weighted by Crippen LogP contribution is 2.34. The number of carbonyl (C=O) groups excluding carboxylic acids is 1. The minimum atomic E-state index is -0.240. The molecule has 2 heterocycles. The van der Waals surface area contributed by atoms with E-state index < -0.39 is 0 Å². The number of aromatic nitrogens is 4. The Morgan fingerprint density at radius 2 is 1.75 bits per heavy atom. The lowest BCUT2D eigenvalue weighted by Gasteiger charge is -2.07. The first-order valence-electron chi connectivity index (χ1n) is 10.1. The molecule has 156 valence electrons. The second-order valence-corrected chi connectivity index (χ2v) is 8.21. The zero-order valence-electron chi connectivity index (χ0n) is 17.1. The molecule has 0 spiro atoms. The van der Waals surface area contributed by atoms with Gasteiger partial charge in [0.15, 0.2) is 0 Å². The van der Waals surface area contributed by atoms with Crippen molar-refractivity contribution in [3.8, 4) is 10.6 Å². The SMILES string of the molecule is O=C(/C=C/c1cn(Cc2ccccc2)nn1)Nc1ccccc1-c1nc2ccccc2s1. The molecular weight excluding hydrogens is 418 g/mol. The molecular formula is C25H19N5OS. The van der Waals surface area contributed by atoms with Crippen molar-refractivity contribution in [2.75, 3.05) is 5.32 Å². The highest BCUT2D eigenvalue weighted by atomic mass is 32.1. The molecule has 0 saturated heterocycles. The maximum absolute atomic E-state index is 12.6. The van der Waals surface area contributed by atoms with E-state index in [4.69, 9.17) is 4.98 Å². The summed E-state index contributed by atoms with van der Waals surface area (Å²) in [5.41, 5.74) is 4.32. The number of amides is 1. The Hall–Kier alpha value is -4.10. The predicted molar refractivity (Wildman–Crippen MR) is 128 cm³/mol. The van der Waals surface area contributed by atoms with Crippen LogP contribution in [0.15, 0.2) is 91.1 Å². The van der Waals surface area contributed by atoms with Crippen LogP contribution in [0.25, 0.3) is 26.9 Å². The summed E-state index contributed by atoms with van der Waals surface area (Å²) in [6, 6.07) is 25.7. The Kier molecular flexibility index (Phi) is 5.55. The van der Waals surface area contributed by atoms with Gasteiger partial charge in [-0.1, -0.05) is 59.8 Å². The zero-order chi connectivity index (χ0) is 21.8. The molecule has 0 unspecified atom stereocenters. The van der Waals surface area contributed by atoms with Crippen LogP contribution in [0.4, 0.5) is 5.69 Å². The molecule has 0 aliphatic heterocycles. The van der Waals surface area contributed by atoms with Gasteiger partial charge in [-0.2, -0.15) is 0 Å². The minimum absolute atomic E-state index is 0.240. The molecule has 3 aromatic carbocycles. The second-order valence-electron chi connectivity index (χ2n) is 7.18. The molecule has 1 N–H and O–H groups in total. The van der Waals surface area contributed by atoms with E-state index >= 15 is 0 Å². The standard InChI is InChI=1S/C25H19N5OS/c31-24(15-14-19-17-30(29-28-19)16-18-8-2-1-3-9-18)26-21-11-5-4-10-20(21)25-27-22-12-6-7-13-23(22)32-25/h1-15,17H,16H2,(H,26,31)/b15-14+. The van der Waals surface area contributed by atoms with Crippen molar-refractivity contribution in [1.82, 2.24) is 20.0 Å². The van der Waals surface area contributed by atoms with Gasteiger partial charge in [0.25, 0.3) is 0 Å². The third-order valence-corrected chi connectivity index (χ3v) is 5.93. The van der Waals surface area contributed by atoms with E-state index in [1.807, 2.05) is 85.1 Å². The molecule has 0 aliphatic carbocycles. The number of nitrogens with zero attached hydrogens (tertiary/aromatic N) is 4. The van der Waals surface area contributed by atoms with E-state index in [2.05, 4.69) is 15.6 Å². The number of thiazole rings is 1. The topological polar surface area (TPSA) is 72.7 Å². The summed E-state index contributed by atoms with van der Waals surface area (Å²) in [7, 11) is 0. The van der Waals surface area contributed by atoms with Crippen LogP contribution in [0.2, 0.25) is 0 Å². The fourth-order valence-electron chi connectivity index (χ4n) is 3.34. The molecule has 0 radical (unpaired) electrons. The van der Waals surface area contributed by atoms with Gasteiger partial charge in [0.1, 0.15) is 10.7 Å². The number of fused-ring (bicyclic) bond motifs is 1. The Labute approximate surface area is 188 Å². The number of hydrogen-bond donors (Lipinski definition) is 1. The van der Waals surface area contributed by atoms with Crippen molar-refractivity contribution < 1.29 is 4.79 Å². The number of carbonyl (C=O) groups is 1. The third kappa shape index (κ3) is 4.48. The quantitative estimate of drug-likeness (QED) is 0.368. The smallest absolute Gasteiger partial charge is 0.248 e. The molecule has 7 heteroatoms. The fraction of sp³-hybridized carbons (Fsp3) is 0.0400. The molecule has 5 aromatic rings. The average Bonchev–Trinajstić information content (AvgIpc) is 3.45. The van der Waals surface area contributed by atoms with Crippen molar-refractivity contribution in [3.63, 3.8) is 0 Å². The fourth-order valence-corrected chi connectivity index (χ4v) is 4.34. The van der Waals surface area contributed by atoms with Crippen LogP contribution in [-0.4, -0.2) is 25.9 Å². The van der Waals surface area contributed by atoms with Gasteiger partial charge in [0.05, 0.1) is 28.6 Å². The molecule has 2 aromatic heterocycles. The van der Waals surface area contributed by atoms with Crippen LogP contribution < -0.4 is 5.32 Å². The summed E-state index contributed by atoms with van der Waals surface area (Å²) in [5.74, 6) is -0.240. The van der Waals surface area contributed by atoms with Crippen molar-refractivity contribution in [2.45, 2.75) is 6.54 Å². The molecule has 6 nitrogen and oxygen atoms in total. The lowest BCUT2D eigenvalue weighted by atomic mass is 10.2. The van der Waals surface area contributed by atoms with E-state index in [-0.39, 0.29) is 5.91 Å².